The first-order valence-corrected chi connectivity index (χ1v) is 12.1. The van der Waals surface area contributed by atoms with Crippen LogP contribution in [0.1, 0.15) is 59.3 Å². The minimum absolute atomic E-state index is 0.180. The second kappa shape index (κ2) is 19.5. The molecule has 1 aliphatic rings. The van der Waals surface area contributed by atoms with Crippen LogP contribution in [0.3, 0.4) is 0 Å². The van der Waals surface area contributed by atoms with Gasteiger partial charge in [-0.15, -0.1) is 0 Å². The zero-order valence-electron chi connectivity index (χ0n) is 19.4. The lowest BCUT2D eigenvalue weighted by Gasteiger charge is -2.32. The van der Waals surface area contributed by atoms with Crippen molar-refractivity contribution in [3.8, 4) is 0 Å². The predicted octanol–water partition coefficient (Wildman–Crippen LogP) is 2.82. The van der Waals surface area contributed by atoms with Gasteiger partial charge in [0, 0.05) is 31.8 Å². The van der Waals surface area contributed by atoms with Gasteiger partial charge in [-0.3, -0.25) is 9.59 Å². The predicted molar refractivity (Wildman–Crippen MR) is 124 cm³/mol. The summed E-state index contributed by atoms with van der Waals surface area (Å²) < 4.78 is 0. The van der Waals surface area contributed by atoms with Crippen molar-refractivity contribution in [1.29, 1.82) is 0 Å². The number of rotatable bonds is 13. The molecule has 7 heteroatoms. The van der Waals surface area contributed by atoms with E-state index < -0.39 is 0 Å². The molecule has 0 aromatic carbocycles. The molecule has 6 nitrogen and oxygen atoms in total. The number of thioether (sulfide) groups is 1. The van der Waals surface area contributed by atoms with Crippen LogP contribution in [0.25, 0.3) is 0 Å². The molecule has 1 aliphatic heterocycles. The second-order valence-corrected chi connectivity index (χ2v) is 7.87. The number of amides is 2. The SMILES string of the molecule is CC.CCN(C)CCCCN(C)C(=O)CCCCC(SC)C1CNC1=O.CN. The van der Waals surface area contributed by atoms with E-state index in [2.05, 4.69) is 36.2 Å². The van der Waals surface area contributed by atoms with Crippen LogP contribution < -0.4 is 11.1 Å². The van der Waals surface area contributed by atoms with Crippen molar-refractivity contribution >= 4 is 23.6 Å². The Labute approximate surface area is 178 Å². The lowest BCUT2D eigenvalue weighted by molar-refractivity contribution is -0.131. The second-order valence-electron chi connectivity index (χ2n) is 6.79. The highest BCUT2D eigenvalue weighted by Gasteiger charge is 2.34. The summed E-state index contributed by atoms with van der Waals surface area (Å²) in [6.07, 6.45) is 7.89. The first kappa shape index (κ1) is 29.4. The summed E-state index contributed by atoms with van der Waals surface area (Å²) in [7, 11) is 5.54. The zero-order chi connectivity index (χ0) is 21.9. The third-order valence-corrected chi connectivity index (χ3v) is 6.13. The van der Waals surface area contributed by atoms with Gasteiger partial charge >= 0.3 is 0 Å². The van der Waals surface area contributed by atoms with E-state index in [0.717, 1.165) is 58.3 Å². The third-order valence-electron chi connectivity index (χ3n) is 4.96. The molecule has 0 spiro atoms. The quantitative estimate of drug-likeness (QED) is 0.355. The van der Waals surface area contributed by atoms with Gasteiger partial charge < -0.3 is 20.9 Å². The summed E-state index contributed by atoms with van der Waals surface area (Å²) in [5.41, 5.74) is 4.50. The molecule has 0 aromatic rings. The fourth-order valence-corrected chi connectivity index (χ4v) is 3.86. The van der Waals surface area contributed by atoms with Crippen molar-refractivity contribution in [2.75, 3.05) is 53.6 Å². The highest BCUT2D eigenvalue weighted by molar-refractivity contribution is 7.99. The largest absolute Gasteiger partial charge is 0.355 e. The molecule has 1 rings (SSSR count). The van der Waals surface area contributed by atoms with Crippen LogP contribution in [0.15, 0.2) is 0 Å². The number of carbonyl (C=O) groups excluding carboxylic acids is 2. The molecule has 28 heavy (non-hydrogen) atoms. The van der Waals surface area contributed by atoms with E-state index in [4.69, 9.17) is 0 Å². The molecule has 2 unspecified atom stereocenters. The van der Waals surface area contributed by atoms with E-state index in [1.165, 1.54) is 7.05 Å². The highest BCUT2D eigenvalue weighted by Crippen LogP contribution is 2.26. The Morgan fingerprint density at radius 1 is 1.18 bits per heavy atom. The molecule has 0 aromatic heterocycles. The maximum Gasteiger partial charge on any atom is 0.226 e. The van der Waals surface area contributed by atoms with Crippen molar-refractivity contribution in [3.63, 3.8) is 0 Å². The van der Waals surface area contributed by atoms with Gasteiger partial charge in [-0.2, -0.15) is 11.8 Å². The average Bonchev–Trinajstić information content (AvgIpc) is 2.74. The van der Waals surface area contributed by atoms with E-state index in [9.17, 15) is 9.59 Å². The van der Waals surface area contributed by atoms with Gasteiger partial charge in [0.25, 0.3) is 0 Å². The smallest absolute Gasteiger partial charge is 0.226 e. The number of nitrogens with one attached hydrogen (secondary N) is 1. The minimum atomic E-state index is 0.180. The topological polar surface area (TPSA) is 78.7 Å². The standard InChI is InChI=1S/C18H35N3O2S.C2H6.CH5N/c1-5-20(2)12-8-9-13-21(3)17(22)11-7-6-10-16(24-4)15-14-19-18(15)23;2*1-2/h15-16H,5-14H2,1-4H3,(H,19,23);1-2H3;2H2,1H3. The van der Waals surface area contributed by atoms with Crippen LogP contribution in [-0.2, 0) is 9.59 Å². The molecule has 2 atom stereocenters. The molecule has 3 N–H and O–H groups in total. The fraction of sp³-hybridized carbons (Fsp3) is 0.905. The van der Waals surface area contributed by atoms with Crippen LogP contribution in [-0.4, -0.2) is 80.4 Å². The number of hydrogen-bond donors (Lipinski definition) is 2. The molecular weight excluding hydrogens is 372 g/mol. The fourth-order valence-electron chi connectivity index (χ4n) is 2.91. The number of unbranched alkanes of at least 4 members (excludes halogenated alkanes) is 2. The van der Waals surface area contributed by atoms with E-state index in [1.54, 1.807) is 11.8 Å². The maximum absolute atomic E-state index is 12.1. The first-order valence-electron chi connectivity index (χ1n) is 10.8. The zero-order valence-corrected chi connectivity index (χ0v) is 20.2. The maximum atomic E-state index is 12.1. The van der Waals surface area contributed by atoms with Crippen molar-refractivity contribution in [2.24, 2.45) is 11.7 Å². The lowest BCUT2D eigenvalue weighted by Crippen LogP contribution is -2.53. The summed E-state index contributed by atoms with van der Waals surface area (Å²) in [5.74, 6) is 0.624. The number of carbonyl (C=O) groups is 2. The van der Waals surface area contributed by atoms with E-state index in [1.807, 2.05) is 25.8 Å². The Hall–Kier alpha value is -0.790. The summed E-state index contributed by atoms with van der Waals surface area (Å²) in [5, 5.41) is 3.22. The number of nitrogens with two attached hydrogens (primary N) is 1. The summed E-state index contributed by atoms with van der Waals surface area (Å²) in [4.78, 5) is 27.8. The van der Waals surface area contributed by atoms with E-state index in [-0.39, 0.29) is 17.7 Å². The van der Waals surface area contributed by atoms with Crippen LogP contribution in [0.5, 0.6) is 0 Å². The molecule has 168 valence electrons. The monoisotopic (exact) mass is 418 g/mol. The Balaban J connectivity index is 0. The number of β-lactam (4-membered cyclic amide) rings is 1. The van der Waals surface area contributed by atoms with E-state index in [0.29, 0.717) is 11.7 Å². The van der Waals surface area contributed by atoms with Gasteiger partial charge in [-0.25, -0.2) is 0 Å². The van der Waals surface area contributed by atoms with Gasteiger partial charge in [0.2, 0.25) is 11.8 Å². The molecule has 0 radical (unpaired) electrons. The molecule has 2 amide bonds. The van der Waals surface area contributed by atoms with Crippen LogP contribution >= 0.6 is 11.8 Å². The number of hydrogen-bond acceptors (Lipinski definition) is 5. The van der Waals surface area contributed by atoms with Gasteiger partial charge in [-0.05, 0) is 59.1 Å². The molecule has 0 bridgehead atoms. The van der Waals surface area contributed by atoms with Gasteiger partial charge in [0.15, 0.2) is 0 Å². The Morgan fingerprint density at radius 3 is 2.25 bits per heavy atom. The molecule has 0 aliphatic carbocycles. The Bertz CT molecular complexity index is 397. The van der Waals surface area contributed by atoms with Crippen molar-refractivity contribution in [2.45, 2.75) is 64.5 Å². The van der Waals surface area contributed by atoms with Crippen LogP contribution in [0, 0.1) is 5.92 Å². The van der Waals surface area contributed by atoms with Gasteiger partial charge in [-0.1, -0.05) is 27.2 Å². The summed E-state index contributed by atoms with van der Waals surface area (Å²) in [6.45, 7) is 10.0. The van der Waals surface area contributed by atoms with Gasteiger partial charge in [0.05, 0.1) is 5.92 Å². The average molecular weight is 419 g/mol. The molecule has 1 heterocycles. The van der Waals surface area contributed by atoms with E-state index >= 15 is 0 Å². The van der Waals surface area contributed by atoms with Crippen molar-refractivity contribution in [1.82, 2.24) is 15.1 Å². The molecule has 1 fully saturated rings. The first-order chi connectivity index (χ1) is 13.5. The van der Waals surface area contributed by atoms with Crippen LogP contribution in [0.2, 0.25) is 0 Å². The van der Waals surface area contributed by atoms with Crippen LogP contribution in [0.4, 0.5) is 0 Å². The molecular formula is C21H46N4O2S. The Morgan fingerprint density at radius 2 is 1.79 bits per heavy atom. The lowest BCUT2D eigenvalue weighted by atomic mass is 9.94. The Kier molecular flexibility index (Phi) is 20.5. The summed E-state index contributed by atoms with van der Waals surface area (Å²) >= 11 is 1.78. The molecule has 1 saturated heterocycles. The third kappa shape index (κ3) is 12.6. The normalized spacial score (nSPS) is 16.0. The minimum Gasteiger partial charge on any atom is -0.355 e. The summed E-state index contributed by atoms with van der Waals surface area (Å²) in [6, 6.07) is 0. The van der Waals surface area contributed by atoms with Crippen molar-refractivity contribution < 1.29 is 9.59 Å². The molecule has 0 saturated carbocycles. The van der Waals surface area contributed by atoms with Gasteiger partial charge in [0.1, 0.15) is 0 Å². The number of nitrogens with zero attached hydrogens (tertiary/aromatic N) is 2. The van der Waals surface area contributed by atoms with Crippen molar-refractivity contribution in [3.05, 3.63) is 0 Å². The highest BCUT2D eigenvalue weighted by atomic mass is 32.2.